The summed E-state index contributed by atoms with van der Waals surface area (Å²) >= 11 is 0. The predicted molar refractivity (Wildman–Crippen MR) is 83.8 cm³/mol. The van der Waals surface area contributed by atoms with Gasteiger partial charge in [-0.3, -0.25) is 0 Å². The number of rotatable bonds is 4. The number of benzene rings is 1. The Hall–Kier alpha value is -2.42. The molecule has 3 aromatic rings. The average molecular weight is 278 g/mol. The molecule has 0 unspecified atom stereocenters. The van der Waals surface area contributed by atoms with E-state index < -0.39 is 0 Å². The summed E-state index contributed by atoms with van der Waals surface area (Å²) in [7, 11) is 0. The van der Waals surface area contributed by atoms with Crippen LogP contribution in [0.4, 0.5) is 0 Å². The van der Waals surface area contributed by atoms with Crippen LogP contribution in [0.2, 0.25) is 0 Å². The third-order valence-corrected chi connectivity index (χ3v) is 3.85. The van der Waals surface area contributed by atoms with Gasteiger partial charge in [-0.15, -0.1) is 0 Å². The van der Waals surface area contributed by atoms with Gasteiger partial charge in [0.05, 0.1) is 6.33 Å². The number of hydrogen-bond acceptors (Lipinski definition) is 1. The van der Waals surface area contributed by atoms with Crippen LogP contribution in [0.3, 0.4) is 0 Å². The fourth-order valence-electron chi connectivity index (χ4n) is 2.73. The molecule has 2 aromatic heterocycles. The molecular formula is C18H20N3+. The molecule has 3 nitrogen and oxygen atoms in total. The zero-order chi connectivity index (χ0) is 14.7. The van der Waals surface area contributed by atoms with Crippen molar-refractivity contribution in [3.63, 3.8) is 0 Å². The van der Waals surface area contributed by atoms with Gasteiger partial charge in [0, 0.05) is 44.3 Å². The van der Waals surface area contributed by atoms with Crippen LogP contribution < -0.4 is 4.57 Å². The molecule has 2 heterocycles. The van der Waals surface area contributed by atoms with E-state index >= 15 is 0 Å². The van der Waals surface area contributed by atoms with E-state index in [4.69, 9.17) is 0 Å². The number of aryl methyl sites for hydroxylation is 3. The number of hydrogen-bond donors (Lipinski definition) is 1. The number of imidazole rings is 1. The molecule has 0 atom stereocenters. The average Bonchev–Trinajstić information content (AvgIpc) is 3.00. The van der Waals surface area contributed by atoms with Crippen LogP contribution in [-0.2, 0) is 13.0 Å². The summed E-state index contributed by atoms with van der Waals surface area (Å²) in [6, 6.07) is 15.0. The van der Waals surface area contributed by atoms with Crippen molar-refractivity contribution >= 4 is 0 Å². The normalized spacial score (nSPS) is 10.8. The van der Waals surface area contributed by atoms with E-state index in [0.29, 0.717) is 0 Å². The highest BCUT2D eigenvalue weighted by atomic mass is 15.0. The summed E-state index contributed by atoms with van der Waals surface area (Å²) in [4.78, 5) is 7.23. The zero-order valence-corrected chi connectivity index (χ0v) is 12.5. The highest BCUT2D eigenvalue weighted by Gasteiger charge is 2.13. The van der Waals surface area contributed by atoms with Gasteiger partial charge >= 0.3 is 0 Å². The van der Waals surface area contributed by atoms with E-state index in [0.717, 1.165) is 13.0 Å². The molecule has 1 N–H and O–H groups in total. The Kier molecular flexibility index (Phi) is 3.82. The molecule has 0 saturated heterocycles. The largest absolute Gasteiger partial charge is 0.348 e. The van der Waals surface area contributed by atoms with Crippen LogP contribution in [0.5, 0.6) is 0 Å². The van der Waals surface area contributed by atoms with Gasteiger partial charge in [0.15, 0.2) is 17.9 Å². The first-order valence-electron chi connectivity index (χ1n) is 7.28. The lowest BCUT2D eigenvalue weighted by Crippen LogP contribution is -2.41. The summed E-state index contributed by atoms with van der Waals surface area (Å²) in [5.41, 5.74) is 6.29. The Balaban J connectivity index is 1.86. The van der Waals surface area contributed by atoms with Gasteiger partial charge in [0.1, 0.15) is 0 Å². The molecule has 0 aliphatic heterocycles. The highest BCUT2D eigenvalue weighted by Crippen LogP contribution is 2.19. The van der Waals surface area contributed by atoms with Crippen molar-refractivity contribution in [1.82, 2.24) is 9.97 Å². The first-order chi connectivity index (χ1) is 10.2. The molecule has 21 heavy (non-hydrogen) atoms. The Bertz CT molecular complexity index is 692. The van der Waals surface area contributed by atoms with Crippen molar-refractivity contribution < 1.29 is 4.57 Å². The molecule has 0 radical (unpaired) electrons. The van der Waals surface area contributed by atoms with E-state index in [1.165, 1.54) is 28.2 Å². The second kappa shape index (κ2) is 5.92. The van der Waals surface area contributed by atoms with Gasteiger partial charge in [-0.25, -0.2) is 4.98 Å². The van der Waals surface area contributed by atoms with Crippen LogP contribution in [0.25, 0.3) is 11.1 Å². The van der Waals surface area contributed by atoms with Gasteiger partial charge in [-0.1, -0.05) is 30.3 Å². The topological polar surface area (TPSA) is 32.6 Å². The summed E-state index contributed by atoms with van der Waals surface area (Å²) in [5, 5.41) is 0. The second-order valence-corrected chi connectivity index (χ2v) is 5.37. The maximum atomic E-state index is 4.07. The van der Waals surface area contributed by atoms with E-state index in [9.17, 15) is 0 Å². The number of nitrogens with one attached hydrogen (secondary N) is 1. The van der Waals surface area contributed by atoms with Crippen LogP contribution in [0.1, 0.15) is 17.1 Å². The first kappa shape index (κ1) is 13.6. The van der Waals surface area contributed by atoms with Crippen molar-refractivity contribution in [3.05, 3.63) is 72.1 Å². The lowest BCUT2D eigenvalue weighted by Gasteiger charge is -2.07. The molecule has 0 amide bonds. The molecule has 3 heteroatoms. The monoisotopic (exact) mass is 278 g/mol. The van der Waals surface area contributed by atoms with Gasteiger partial charge in [0.2, 0.25) is 0 Å². The van der Waals surface area contributed by atoms with E-state index in [1.54, 1.807) is 6.33 Å². The summed E-state index contributed by atoms with van der Waals surface area (Å²) in [5.74, 6) is 0. The second-order valence-electron chi connectivity index (χ2n) is 5.37. The van der Waals surface area contributed by atoms with Gasteiger partial charge in [0.25, 0.3) is 0 Å². The van der Waals surface area contributed by atoms with Crippen molar-refractivity contribution in [1.29, 1.82) is 0 Å². The minimum atomic E-state index is 0.967. The standard InChI is InChI=1S/C18H20N3/c1-14-10-17(16-6-4-3-5-7-16)11-15(2)21(14)9-8-18-12-19-13-20-18/h3-7,10-13H,8-9H2,1-2H3,(H,19,20)/q+1. The Morgan fingerprint density at radius 1 is 1.00 bits per heavy atom. The third-order valence-electron chi connectivity index (χ3n) is 3.85. The fourth-order valence-corrected chi connectivity index (χ4v) is 2.73. The van der Waals surface area contributed by atoms with E-state index in [-0.39, 0.29) is 0 Å². The van der Waals surface area contributed by atoms with Gasteiger partial charge < -0.3 is 4.98 Å². The van der Waals surface area contributed by atoms with Crippen molar-refractivity contribution in [2.45, 2.75) is 26.8 Å². The van der Waals surface area contributed by atoms with Crippen molar-refractivity contribution in [3.8, 4) is 11.1 Å². The maximum absolute atomic E-state index is 4.07. The molecule has 0 fully saturated rings. The third kappa shape index (κ3) is 3.02. The number of aromatic nitrogens is 3. The molecule has 0 saturated carbocycles. The molecule has 0 aliphatic rings. The zero-order valence-electron chi connectivity index (χ0n) is 12.5. The molecular weight excluding hydrogens is 258 g/mol. The van der Waals surface area contributed by atoms with E-state index in [1.807, 2.05) is 6.20 Å². The number of aromatic amines is 1. The molecule has 106 valence electrons. The first-order valence-corrected chi connectivity index (χ1v) is 7.28. The summed E-state index contributed by atoms with van der Waals surface area (Å²) in [6.45, 7) is 5.31. The number of pyridine rings is 1. The van der Waals surface area contributed by atoms with Crippen molar-refractivity contribution in [2.75, 3.05) is 0 Å². The Morgan fingerprint density at radius 3 is 2.33 bits per heavy atom. The fraction of sp³-hybridized carbons (Fsp3) is 0.222. The molecule has 0 spiro atoms. The van der Waals surface area contributed by atoms with Crippen molar-refractivity contribution in [2.24, 2.45) is 0 Å². The lowest BCUT2D eigenvalue weighted by molar-refractivity contribution is -0.708. The van der Waals surface area contributed by atoms with Crippen LogP contribution in [0.15, 0.2) is 55.0 Å². The minimum absolute atomic E-state index is 0.967. The molecule has 3 rings (SSSR count). The summed E-state index contributed by atoms with van der Waals surface area (Å²) in [6.07, 6.45) is 4.60. The van der Waals surface area contributed by atoms with Gasteiger partial charge in [-0.2, -0.15) is 4.57 Å². The van der Waals surface area contributed by atoms with Gasteiger partial charge in [-0.05, 0) is 11.1 Å². The quantitative estimate of drug-likeness (QED) is 0.730. The van der Waals surface area contributed by atoms with Crippen LogP contribution >= 0.6 is 0 Å². The SMILES string of the molecule is Cc1cc(-c2ccccc2)cc(C)[n+]1CCc1cnc[nH]1. The smallest absolute Gasteiger partial charge is 0.179 e. The predicted octanol–water partition coefficient (Wildman–Crippen LogP) is 3.22. The lowest BCUT2D eigenvalue weighted by atomic mass is 10.0. The Morgan fingerprint density at radius 2 is 1.71 bits per heavy atom. The summed E-state index contributed by atoms with van der Waals surface area (Å²) < 4.78 is 2.35. The maximum Gasteiger partial charge on any atom is 0.179 e. The minimum Gasteiger partial charge on any atom is -0.348 e. The van der Waals surface area contributed by atoms with E-state index in [2.05, 4.69) is 70.8 Å². The molecule has 0 bridgehead atoms. The van der Waals surface area contributed by atoms with Crippen LogP contribution in [0, 0.1) is 13.8 Å². The van der Waals surface area contributed by atoms with Crippen LogP contribution in [-0.4, -0.2) is 9.97 Å². The number of nitrogens with zero attached hydrogens (tertiary/aromatic N) is 2. The molecule has 0 aliphatic carbocycles. The highest BCUT2D eigenvalue weighted by molar-refractivity contribution is 5.63. The number of H-pyrrole nitrogens is 1. The molecule has 1 aromatic carbocycles. The Labute approximate surface area is 125 Å².